The first-order valence-electron chi connectivity index (χ1n) is 9.24. The molecule has 1 aliphatic heterocycles. The summed E-state index contributed by atoms with van der Waals surface area (Å²) in [5.74, 6) is -1.62. The number of amides is 2. The summed E-state index contributed by atoms with van der Waals surface area (Å²) in [6.45, 7) is 5.75. The molecule has 0 spiro atoms. The molecule has 146 valence electrons. The number of rotatable bonds is 5. The molecule has 1 saturated heterocycles. The van der Waals surface area contributed by atoms with Crippen molar-refractivity contribution >= 4 is 29.2 Å². The number of carbonyl (C=O) groups is 3. The quantitative estimate of drug-likeness (QED) is 0.809. The number of benzene rings is 2. The fourth-order valence-electron chi connectivity index (χ4n) is 3.38. The van der Waals surface area contributed by atoms with Gasteiger partial charge in [0.1, 0.15) is 0 Å². The summed E-state index contributed by atoms with van der Waals surface area (Å²) in [7, 11) is 0. The van der Waals surface area contributed by atoms with Crippen molar-refractivity contribution in [2.24, 2.45) is 5.92 Å². The van der Waals surface area contributed by atoms with E-state index < -0.39 is 17.8 Å². The van der Waals surface area contributed by atoms with E-state index in [0.717, 1.165) is 22.4 Å². The molecule has 1 heterocycles. The summed E-state index contributed by atoms with van der Waals surface area (Å²) in [6.07, 6.45) is 0.0889. The van der Waals surface area contributed by atoms with Crippen LogP contribution in [0.25, 0.3) is 0 Å². The van der Waals surface area contributed by atoms with Gasteiger partial charge in [0, 0.05) is 24.3 Å². The van der Waals surface area contributed by atoms with Crippen LogP contribution < -0.4 is 10.2 Å². The van der Waals surface area contributed by atoms with Crippen molar-refractivity contribution in [2.75, 3.05) is 23.4 Å². The Bertz CT molecular complexity index is 923. The summed E-state index contributed by atoms with van der Waals surface area (Å²) in [5, 5.41) is 2.69. The lowest BCUT2D eigenvalue weighted by Crippen LogP contribution is -2.28. The second-order valence-electron chi connectivity index (χ2n) is 7.22. The average Bonchev–Trinajstić information content (AvgIpc) is 3.01. The highest BCUT2D eigenvalue weighted by Gasteiger charge is 2.36. The molecule has 1 aliphatic rings. The number of carbonyl (C=O) groups excluding carboxylic acids is 3. The molecule has 2 aromatic carbocycles. The third kappa shape index (κ3) is 4.57. The monoisotopic (exact) mass is 380 g/mol. The second-order valence-corrected chi connectivity index (χ2v) is 7.22. The van der Waals surface area contributed by atoms with E-state index in [0.29, 0.717) is 5.69 Å². The van der Waals surface area contributed by atoms with Gasteiger partial charge in [-0.1, -0.05) is 29.8 Å². The van der Waals surface area contributed by atoms with Crippen molar-refractivity contribution in [2.45, 2.75) is 27.2 Å². The molecule has 1 N–H and O–H groups in total. The maximum absolute atomic E-state index is 12.4. The van der Waals surface area contributed by atoms with E-state index in [9.17, 15) is 14.4 Å². The summed E-state index contributed by atoms with van der Waals surface area (Å²) in [4.78, 5) is 38.3. The van der Waals surface area contributed by atoms with Crippen LogP contribution in [0.3, 0.4) is 0 Å². The van der Waals surface area contributed by atoms with Gasteiger partial charge >= 0.3 is 5.97 Å². The van der Waals surface area contributed by atoms with Crippen molar-refractivity contribution in [3.8, 4) is 0 Å². The predicted octanol–water partition coefficient (Wildman–Crippen LogP) is 3.15. The van der Waals surface area contributed by atoms with E-state index in [1.165, 1.54) is 0 Å². The Morgan fingerprint density at radius 3 is 2.57 bits per heavy atom. The Balaban J connectivity index is 1.55. The maximum Gasteiger partial charge on any atom is 0.311 e. The van der Waals surface area contributed by atoms with Crippen LogP contribution in [0.15, 0.2) is 42.5 Å². The van der Waals surface area contributed by atoms with Crippen LogP contribution in [0, 0.1) is 26.7 Å². The van der Waals surface area contributed by atoms with E-state index >= 15 is 0 Å². The predicted molar refractivity (Wildman–Crippen MR) is 107 cm³/mol. The van der Waals surface area contributed by atoms with Crippen LogP contribution >= 0.6 is 0 Å². The number of ether oxygens (including phenoxy) is 1. The lowest BCUT2D eigenvalue weighted by molar-refractivity contribution is -0.151. The lowest BCUT2D eigenvalue weighted by atomic mass is 10.1. The molecule has 0 radical (unpaired) electrons. The lowest BCUT2D eigenvalue weighted by Gasteiger charge is -2.19. The smallest absolute Gasteiger partial charge is 0.311 e. The molecule has 6 nitrogen and oxygen atoms in total. The topological polar surface area (TPSA) is 75.7 Å². The molecule has 2 aromatic rings. The number of aryl methyl sites for hydroxylation is 3. The first-order valence-corrected chi connectivity index (χ1v) is 9.24. The van der Waals surface area contributed by atoms with Gasteiger partial charge in [-0.15, -0.1) is 0 Å². The third-order valence-corrected chi connectivity index (χ3v) is 4.75. The van der Waals surface area contributed by atoms with Gasteiger partial charge < -0.3 is 15.0 Å². The van der Waals surface area contributed by atoms with E-state index in [4.69, 9.17) is 4.74 Å². The minimum absolute atomic E-state index is 0.0889. The zero-order chi connectivity index (χ0) is 20.3. The molecule has 1 atom stereocenters. The van der Waals surface area contributed by atoms with E-state index in [2.05, 4.69) is 5.32 Å². The maximum atomic E-state index is 12.4. The van der Waals surface area contributed by atoms with Gasteiger partial charge in [0.05, 0.1) is 5.92 Å². The molecule has 28 heavy (non-hydrogen) atoms. The molecule has 6 heteroatoms. The van der Waals surface area contributed by atoms with Crippen molar-refractivity contribution in [3.05, 3.63) is 59.2 Å². The summed E-state index contributed by atoms with van der Waals surface area (Å²) < 4.78 is 5.14. The average molecular weight is 380 g/mol. The summed E-state index contributed by atoms with van der Waals surface area (Å²) >= 11 is 0. The van der Waals surface area contributed by atoms with Gasteiger partial charge in [0.15, 0.2) is 6.61 Å². The molecule has 0 aliphatic carbocycles. The number of nitrogens with one attached hydrogen (secondary N) is 1. The van der Waals surface area contributed by atoms with E-state index in [1.54, 1.807) is 11.0 Å². The van der Waals surface area contributed by atoms with Gasteiger partial charge in [-0.3, -0.25) is 14.4 Å². The van der Waals surface area contributed by atoms with Gasteiger partial charge in [0.25, 0.3) is 5.91 Å². The zero-order valence-corrected chi connectivity index (χ0v) is 16.3. The van der Waals surface area contributed by atoms with Crippen molar-refractivity contribution in [1.29, 1.82) is 0 Å². The molecular formula is C22H24N2O4. The fraction of sp³-hybridized carbons (Fsp3) is 0.318. The molecule has 0 saturated carbocycles. The van der Waals surface area contributed by atoms with Crippen molar-refractivity contribution in [3.63, 3.8) is 0 Å². The number of anilines is 2. The van der Waals surface area contributed by atoms with Gasteiger partial charge in [-0.25, -0.2) is 0 Å². The third-order valence-electron chi connectivity index (χ3n) is 4.75. The van der Waals surface area contributed by atoms with Crippen LogP contribution in [0.5, 0.6) is 0 Å². The molecule has 0 aromatic heterocycles. The molecule has 0 bridgehead atoms. The van der Waals surface area contributed by atoms with Crippen LogP contribution in [0.1, 0.15) is 23.1 Å². The molecular weight excluding hydrogens is 356 g/mol. The van der Waals surface area contributed by atoms with Crippen LogP contribution in [0.2, 0.25) is 0 Å². The zero-order valence-electron chi connectivity index (χ0n) is 16.3. The van der Waals surface area contributed by atoms with Crippen LogP contribution in [-0.2, 0) is 19.1 Å². The van der Waals surface area contributed by atoms with Gasteiger partial charge in [-0.2, -0.15) is 0 Å². The Morgan fingerprint density at radius 2 is 1.86 bits per heavy atom. The van der Waals surface area contributed by atoms with Crippen molar-refractivity contribution < 1.29 is 19.1 Å². The van der Waals surface area contributed by atoms with E-state index in [-0.39, 0.29) is 25.5 Å². The normalized spacial score (nSPS) is 16.2. The van der Waals surface area contributed by atoms with Gasteiger partial charge in [-0.05, 0) is 50.1 Å². The van der Waals surface area contributed by atoms with Crippen molar-refractivity contribution in [1.82, 2.24) is 0 Å². The SMILES string of the molecule is Cc1cccc(NC(=O)COC(=O)[C@H]2CC(=O)N(c3ccc(C)cc3C)C2)c1. The molecule has 1 fully saturated rings. The standard InChI is InChI=1S/C22H24N2O4/c1-14-5-4-6-18(10-14)23-20(25)13-28-22(27)17-11-21(26)24(12-17)19-8-7-15(2)9-16(19)3/h4-10,17H,11-13H2,1-3H3,(H,23,25)/t17-/m0/s1. The Hall–Kier alpha value is -3.15. The summed E-state index contributed by atoms with van der Waals surface area (Å²) in [5.41, 5.74) is 4.58. The summed E-state index contributed by atoms with van der Waals surface area (Å²) in [6, 6.07) is 13.2. The van der Waals surface area contributed by atoms with Crippen LogP contribution in [0.4, 0.5) is 11.4 Å². The largest absolute Gasteiger partial charge is 0.455 e. The number of hydrogen-bond acceptors (Lipinski definition) is 4. The molecule has 2 amide bonds. The first-order chi connectivity index (χ1) is 13.3. The van der Waals surface area contributed by atoms with E-state index in [1.807, 2.05) is 57.2 Å². The Morgan fingerprint density at radius 1 is 1.11 bits per heavy atom. The van der Waals surface area contributed by atoms with Gasteiger partial charge in [0.2, 0.25) is 5.91 Å². The highest BCUT2D eigenvalue weighted by Crippen LogP contribution is 2.29. The highest BCUT2D eigenvalue weighted by atomic mass is 16.5. The second kappa shape index (κ2) is 8.25. The van der Waals surface area contributed by atoms with Crippen LogP contribution in [-0.4, -0.2) is 30.9 Å². The minimum atomic E-state index is -0.569. The fourth-order valence-corrected chi connectivity index (χ4v) is 3.38. The minimum Gasteiger partial charge on any atom is -0.455 e. The Kier molecular flexibility index (Phi) is 5.78. The first kappa shape index (κ1) is 19.6. The number of nitrogens with zero attached hydrogens (tertiary/aromatic N) is 1. The highest BCUT2D eigenvalue weighted by molar-refractivity contribution is 6.00. The molecule has 0 unspecified atom stereocenters. The number of esters is 1. The Labute approximate surface area is 164 Å². The molecule has 3 rings (SSSR count). The number of hydrogen-bond donors (Lipinski definition) is 1.